The first-order chi connectivity index (χ1) is 12.3. The van der Waals surface area contributed by atoms with Gasteiger partial charge in [-0.15, -0.1) is 0 Å². The Bertz CT molecular complexity index is 795. The molecule has 6 heteroatoms. The Labute approximate surface area is 146 Å². The van der Waals surface area contributed by atoms with Crippen molar-refractivity contribution in [2.75, 3.05) is 41.8 Å². The van der Waals surface area contributed by atoms with Crippen molar-refractivity contribution >= 4 is 23.1 Å². The molecule has 0 radical (unpaired) electrons. The number of rotatable bonds is 3. The van der Waals surface area contributed by atoms with Gasteiger partial charge in [-0.2, -0.15) is 0 Å². The Hall–Kier alpha value is -2.86. The topological polar surface area (TPSA) is 66.5 Å². The number of ether oxygens (including phenoxy) is 1. The summed E-state index contributed by atoms with van der Waals surface area (Å²) in [6.45, 7) is 3.13. The number of para-hydroxylation sites is 1. The van der Waals surface area contributed by atoms with Gasteiger partial charge in [0.1, 0.15) is 11.5 Å². The summed E-state index contributed by atoms with van der Waals surface area (Å²) in [5.41, 5.74) is 3.42. The molecular formula is C19H20N4O2. The largest absolute Gasteiger partial charge is 0.378 e. The maximum Gasteiger partial charge on any atom is 0.271 e. The van der Waals surface area contributed by atoms with E-state index in [1.165, 1.54) is 5.56 Å². The Kier molecular flexibility index (Phi) is 4.35. The van der Waals surface area contributed by atoms with Crippen molar-refractivity contribution in [3.05, 3.63) is 59.9 Å². The molecule has 2 aromatic rings. The first-order valence-electron chi connectivity index (χ1n) is 8.45. The van der Waals surface area contributed by atoms with Gasteiger partial charge in [0, 0.05) is 18.8 Å². The highest BCUT2D eigenvalue weighted by Crippen LogP contribution is 2.23. The lowest BCUT2D eigenvalue weighted by Gasteiger charge is -2.27. The van der Waals surface area contributed by atoms with E-state index in [-0.39, 0.29) is 5.91 Å². The number of pyridine rings is 1. The van der Waals surface area contributed by atoms with E-state index in [4.69, 9.17) is 4.74 Å². The van der Waals surface area contributed by atoms with Gasteiger partial charge in [-0.3, -0.25) is 4.79 Å². The molecule has 0 unspecified atom stereocenters. The number of nitrogens with one attached hydrogen (secondary N) is 2. The van der Waals surface area contributed by atoms with Crippen LogP contribution in [0, 0.1) is 0 Å². The molecule has 6 nitrogen and oxygen atoms in total. The number of morpholine rings is 1. The van der Waals surface area contributed by atoms with Gasteiger partial charge in [-0.25, -0.2) is 4.98 Å². The van der Waals surface area contributed by atoms with Crippen LogP contribution in [0.2, 0.25) is 0 Å². The number of carbonyl (C=O) groups is 1. The van der Waals surface area contributed by atoms with Crippen molar-refractivity contribution in [1.82, 2.24) is 4.98 Å². The molecule has 2 aliphatic heterocycles. The molecule has 4 rings (SSSR count). The fourth-order valence-electron chi connectivity index (χ4n) is 3.02. The van der Waals surface area contributed by atoms with Crippen molar-refractivity contribution in [2.24, 2.45) is 0 Å². The number of anilines is 3. The molecule has 0 saturated carbocycles. The molecule has 2 N–H and O–H groups in total. The number of hydrogen-bond acceptors (Lipinski definition) is 5. The summed E-state index contributed by atoms with van der Waals surface area (Å²) in [5.74, 6) is 0.751. The van der Waals surface area contributed by atoms with E-state index in [0.29, 0.717) is 11.4 Å². The van der Waals surface area contributed by atoms with E-state index in [1.54, 1.807) is 6.20 Å². The number of allylic oxidation sites excluding steroid dienone is 1. The van der Waals surface area contributed by atoms with Crippen LogP contribution < -0.4 is 15.5 Å². The lowest BCUT2D eigenvalue weighted by Crippen LogP contribution is -2.36. The highest BCUT2D eigenvalue weighted by molar-refractivity contribution is 6.06. The lowest BCUT2D eigenvalue weighted by atomic mass is 10.0. The third-order valence-corrected chi connectivity index (χ3v) is 4.40. The van der Waals surface area contributed by atoms with Gasteiger partial charge in [0.2, 0.25) is 0 Å². The molecule has 1 aromatic heterocycles. The molecule has 0 atom stereocenters. The minimum absolute atomic E-state index is 0.157. The molecule has 1 amide bonds. The van der Waals surface area contributed by atoms with Crippen LogP contribution in [-0.2, 0) is 16.0 Å². The summed E-state index contributed by atoms with van der Waals surface area (Å²) >= 11 is 0. The van der Waals surface area contributed by atoms with Gasteiger partial charge in [0.05, 0.1) is 25.1 Å². The number of aromatic nitrogens is 1. The molecule has 0 spiro atoms. The zero-order valence-corrected chi connectivity index (χ0v) is 13.9. The Morgan fingerprint density at radius 1 is 1.16 bits per heavy atom. The SMILES string of the molecule is O=C(Nc1ccc(N2CCOCC2)nc1)C1=CCc2ccccc2N1. The fraction of sp³-hybridized carbons (Fsp3) is 0.263. The van der Waals surface area contributed by atoms with E-state index in [1.807, 2.05) is 36.4 Å². The van der Waals surface area contributed by atoms with Crippen molar-refractivity contribution in [3.63, 3.8) is 0 Å². The molecule has 0 aliphatic carbocycles. The van der Waals surface area contributed by atoms with E-state index < -0.39 is 0 Å². The first kappa shape index (κ1) is 15.7. The zero-order valence-electron chi connectivity index (χ0n) is 13.9. The average molecular weight is 336 g/mol. The maximum atomic E-state index is 12.5. The highest BCUT2D eigenvalue weighted by atomic mass is 16.5. The van der Waals surface area contributed by atoms with Crippen LogP contribution in [0.3, 0.4) is 0 Å². The van der Waals surface area contributed by atoms with Crippen LogP contribution in [0.1, 0.15) is 5.56 Å². The summed E-state index contributed by atoms with van der Waals surface area (Å²) in [4.78, 5) is 19.1. The molecule has 0 bridgehead atoms. The van der Waals surface area contributed by atoms with E-state index in [0.717, 1.165) is 44.2 Å². The van der Waals surface area contributed by atoms with Gasteiger partial charge in [-0.1, -0.05) is 24.3 Å². The van der Waals surface area contributed by atoms with E-state index >= 15 is 0 Å². The average Bonchev–Trinajstić information content (AvgIpc) is 2.69. The molecule has 1 fully saturated rings. The molecule has 1 aromatic carbocycles. The molecule has 128 valence electrons. The minimum atomic E-state index is -0.157. The van der Waals surface area contributed by atoms with Crippen LogP contribution in [0.15, 0.2) is 54.4 Å². The second-order valence-electron chi connectivity index (χ2n) is 6.06. The van der Waals surface area contributed by atoms with Crippen LogP contribution in [0.5, 0.6) is 0 Å². The number of benzene rings is 1. The van der Waals surface area contributed by atoms with Crippen molar-refractivity contribution in [3.8, 4) is 0 Å². The Morgan fingerprint density at radius 2 is 2.00 bits per heavy atom. The zero-order chi connectivity index (χ0) is 17.1. The third kappa shape index (κ3) is 3.49. The molecular weight excluding hydrogens is 316 g/mol. The summed E-state index contributed by atoms with van der Waals surface area (Å²) in [6.07, 6.45) is 4.35. The standard InChI is InChI=1S/C19H20N4O2/c24-19(17-7-5-14-3-1-2-4-16(14)22-17)21-15-6-8-18(20-13-15)23-9-11-25-12-10-23/h1-4,6-8,13,22H,5,9-12H2,(H,21,24). The van der Waals surface area contributed by atoms with Gasteiger partial charge < -0.3 is 20.3 Å². The minimum Gasteiger partial charge on any atom is -0.378 e. The normalized spacial score (nSPS) is 16.5. The molecule has 25 heavy (non-hydrogen) atoms. The van der Waals surface area contributed by atoms with Crippen LogP contribution in [0.4, 0.5) is 17.2 Å². The third-order valence-electron chi connectivity index (χ3n) is 4.40. The fourth-order valence-corrected chi connectivity index (χ4v) is 3.02. The monoisotopic (exact) mass is 336 g/mol. The Balaban J connectivity index is 1.40. The van der Waals surface area contributed by atoms with Gasteiger partial charge in [0.25, 0.3) is 5.91 Å². The van der Waals surface area contributed by atoms with Crippen molar-refractivity contribution in [2.45, 2.75) is 6.42 Å². The number of carbonyl (C=O) groups excluding carboxylic acids is 1. The van der Waals surface area contributed by atoms with Gasteiger partial charge in [-0.05, 0) is 30.2 Å². The predicted molar refractivity (Wildman–Crippen MR) is 97.8 cm³/mol. The number of nitrogens with zero attached hydrogens (tertiary/aromatic N) is 2. The predicted octanol–water partition coefficient (Wildman–Crippen LogP) is 2.41. The smallest absolute Gasteiger partial charge is 0.271 e. The second-order valence-corrected chi connectivity index (χ2v) is 6.06. The molecule has 1 saturated heterocycles. The Morgan fingerprint density at radius 3 is 2.80 bits per heavy atom. The van der Waals surface area contributed by atoms with Crippen LogP contribution >= 0.6 is 0 Å². The lowest BCUT2D eigenvalue weighted by molar-refractivity contribution is -0.112. The van der Waals surface area contributed by atoms with Crippen molar-refractivity contribution in [1.29, 1.82) is 0 Å². The van der Waals surface area contributed by atoms with Gasteiger partial charge in [0.15, 0.2) is 0 Å². The number of fused-ring (bicyclic) bond motifs is 1. The molecule has 3 heterocycles. The highest BCUT2D eigenvalue weighted by Gasteiger charge is 2.16. The quantitative estimate of drug-likeness (QED) is 0.901. The summed E-state index contributed by atoms with van der Waals surface area (Å²) in [5, 5.41) is 6.08. The first-order valence-corrected chi connectivity index (χ1v) is 8.45. The number of hydrogen-bond donors (Lipinski definition) is 2. The summed E-state index contributed by atoms with van der Waals surface area (Å²) in [7, 11) is 0. The molecule has 2 aliphatic rings. The number of amides is 1. The van der Waals surface area contributed by atoms with Crippen LogP contribution in [-0.4, -0.2) is 37.2 Å². The summed E-state index contributed by atoms with van der Waals surface area (Å²) < 4.78 is 5.35. The van der Waals surface area contributed by atoms with E-state index in [2.05, 4.69) is 26.6 Å². The van der Waals surface area contributed by atoms with Crippen molar-refractivity contribution < 1.29 is 9.53 Å². The van der Waals surface area contributed by atoms with Gasteiger partial charge >= 0.3 is 0 Å². The second kappa shape index (κ2) is 6.94. The van der Waals surface area contributed by atoms with E-state index in [9.17, 15) is 4.79 Å². The summed E-state index contributed by atoms with van der Waals surface area (Å²) in [6, 6.07) is 11.8. The maximum absolute atomic E-state index is 12.5. The van der Waals surface area contributed by atoms with Crippen LogP contribution in [0.25, 0.3) is 0 Å².